The maximum atomic E-state index is 12.3. The van der Waals surface area contributed by atoms with Crippen LogP contribution in [0.15, 0.2) is 24.3 Å². The summed E-state index contributed by atoms with van der Waals surface area (Å²) in [6, 6.07) is 4.33. The molecule has 3 nitrogen and oxygen atoms in total. The summed E-state index contributed by atoms with van der Waals surface area (Å²) in [6.45, 7) is 0. The molecule has 0 spiro atoms. The van der Waals surface area contributed by atoms with Crippen LogP contribution in [0, 0.1) is 0 Å². The first-order chi connectivity index (χ1) is 8.84. The van der Waals surface area contributed by atoms with Crippen LogP contribution in [0.25, 0.3) is 0 Å². The van der Waals surface area contributed by atoms with E-state index in [9.17, 15) is 18.0 Å². The number of benzene rings is 1. The van der Waals surface area contributed by atoms with E-state index in [0.29, 0.717) is 19.3 Å². The van der Waals surface area contributed by atoms with Crippen molar-refractivity contribution in [2.45, 2.75) is 31.5 Å². The molecule has 0 unspecified atom stereocenters. The van der Waals surface area contributed by atoms with Gasteiger partial charge < -0.3 is 10.4 Å². The Morgan fingerprint density at radius 3 is 2.32 bits per heavy atom. The zero-order valence-electron chi connectivity index (χ0n) is 10.5. The molecule has 0 aromatic heterocycles. The third-order valence-corrected chi connectivity index (χ3v) is 2.89. The summed E-state index contributed by atoms with van der Waals surface area (Å²) >= 11 is 0. The Hall–Kier alpha value is -1.56. The van der Waals surface area contributed by atoms with Crippen molar-refractivity contribution in [2.24, 2.45) is 0 Å². The smallest absolute Gasteiger partial charge is 0.416 e. The van der Waals surface area contributed by atoms with E-state index < -0.39 is 23.8 Å². The lowest BCUT2D eigenvalue weighted by Gasteiger charge is -2.11. The number of carboxylic acids is 1. The topological polar surface area (TPSA) is 49.3 Å². The first-order valence-corrected chi connectivity index (χ1v) is 5.91. The zero-order valence-corrected chi connectivity index (χ0v) is 10.5. The molecule has 0 aliphatic rings. The Balaban J connectivity index is 2.49. The maximum absolute atomic E-state index is 12.3. The van der Waals surface area contributed by atoms with Gasteiger partial charge in [-0.25, -0.2) is 0 Å². The normalized spacial score (nSPS) is 13.3. The minimum atomic E-state index is -4.32. The molecule has 1 atom stereocenters. The number of nitrogens with one attached hydrogen (secondary N) is 1. The standard InChI is InChI=1S/C13H16F3NO2/c1-17-11(12(18)19)4-2-3-9-5-7-10(8-6-9)13(14,15)16/h5-8,11,17H,2-4H2,1H3,(H,18,19)/t11-/m0/s1. The molecule has 1 aromatic rings. The van der Waals surface area contributed by atoms with Gasteiger partial charge in [0.05, 0.1) is 5.56 Å². The van der Waals surface area contributed by atoms with Crippen molar-refractivity contribution in [3.8, 4) is 0 Å². The monoisotopic (exact) mass is 275 g/mol. The lowest BCUT2D eigenvalue weighted by atomic mass is 10.0. The first-order valence-electron chi connectivity index (χ1n) is 5.91. The molecule has 0 aliphatic carbocycles. The number of rotatable bonds is 6. The quantitative estimate of drug-likeness (QED) is 0.839. The predicted octanol–water partition coefficient (Wildman–Crippen LogP) is 2.70. The van der Waals surface area contributed by atoms with Gasteiger partial charge >= 0.3 is 12.1 Å². The minimum Gasteiger partial charge on any atom is -0.480 e. The van der Waals surface area contributed by atoms with Crippen molar-refractivity contribution in [3.05, 3.63) is 35.4 Å². The number of hydrogen-bond acceptors (Lipinski definition) is 2. The Morgan fingerprint density at radius 1 is 1.32 bits per heavy atom. The molecule has 0 radical (unpaired) electrons. The maximum Gasteiger partial charge on any atom is 0.416 e. The van der Waals surface area contributed by atoms with Crippen LogP contribution in [0.3, 0.4) is 0 Å². The summed E-state index contributed by atoms with van der Waals surface area (Å²) in [6.07, 6.45) is -2.72. The molecule has 106 valence electrons. The lowest BCUT2D eigenvalue weighted by molar-refractivity contribution is -0.139. The molecule has 0 aliphatic heterocycles. The molecule has 0 heterocycles. The number of aliphatic carboxylic acids is 1. The van der Waals surface area contributed by atoms with Crippen LogP contribution in [-0.4, -0.2) is 24.2 Å². The Labute approximate surface area is 109 Å². The number of alkyl halides is 3. The van der Waals surface area contributed by atoms with Gasteiger partial charge in [-0.2, -0.15) is 13.2 Å². The average molecular weight is 275 g/mol. The van der Waals surface area contributed by atoms with E-state index in [4.69, 9.17) is 5.11 Å². The largest absolute Gasteiger partial charge is 0.480 e. The van der Waals surface area contributed by atoms with E-state index in [2.05, 4.69) is 5.32 Å². The average Bonchev–Trinajstić information content (AvgIpc) is 2.33. The van der Waals surface area contributed by atoms with E-state index >= 15 is 0 Å². The highest BCUT2D eigenvalue weighted by atomic mass is 19.4. The summed E-state index contributed by atoms with van der Waals surface area (Å²) in [5, 5.41) is 11.5. The molecule has 0 saturated carbocycles. The number of carbonyl (C=O) groups is 1. The van der Waals surface area contributed by atoms with Crippen LogP contribution >= 0.6 is 0 Å². The second-order valence-electron chi connectivity index (χ2n) is 4.27. The Morgan fingerprint density at radius 2 is 1.89 bits per heavy atom. The molecular weight excluding hydrogens is 259 g/mol. The van der Waals surface area contributed by atoms with Crippen LogP contribution in [0.4, 0.5) is 13.2 Å². The van der Waals surface area contributed by atoms with Gasteiger partial charge in [0.2, 0.25) is 0 Å². The second-order valence-corrected chi connectivity index (χ2v) is 4.27. The van der Waals surface area contributed by atoms with Gasteiger partial charge in [0.1, 0.15) is 6.04 Å². The zero-order chi connectivity index (χ0) is 14.5. The summed E-state index contributed by atoms with van der Waals surface area (Å²) < 4.78 is 37.0. The van der Waals surface area contributed by atoms with Gasteiger partial charge in [-0.3, -0.25) is 4.79 Å². The molecule has 6 heteroatoms. The molecule has 0 amide bonds. The van der Waals surface area contributed by atoms with E-state index in [1.54, 1.807) is 7.05 Å². The fraction of sp³-hybridized carbons (Fsp3) is 0.462. The molecule has 0 bridgehead atoms. The van der Waals surface area contributed by atoms with Crippen LogP contribution < -0.4 is 5.32 Å². The van der Waals surface area contributed by atoms with E-state index in [1.807, 2.05) is 0 Å². The van der Waals surface area contributed by atoms with Gasteiger partial charge in [0.15, 0.2) is 0 Å². The third-order valence-electron chi connectivity index (χ3n) is 2.89. The van der Waals surface area contributed by atoms with Gasteiger partial charge in [0.25, 0.3) is 0 Å². The third kappa shape index (κ3) is 4.90. The molecule has 1 aromatic carbocycles. The van der Waals surface area contributed by atoms with Crippen molar-refractivity contribution in [2.75, 3.05) is 7.05 Å². The number of carboxylic acid groups (broad SMARTS) is 1. The highest BCUT2D eigenvalue weighted by Crippen LogP contribution is 2.29. The number of hydrogen-bond donors (Lipinski definition) is 2. The number of aryl methyl sites for hydroxylation is 1. The number of likely N-dealkylation sites (N-methyl/N-ethyl adjacent to an activating group) is 1. The molecule has 19 heavy (non-hydrogen) atoms. The molecule has 1 rings (SSSR count). The van der Waals surface area contributed by atoms with Gasteiger partial charge in [-0.1, -0.05) is 12.1 Å². The summed E-state index contributed by atoms with van der Waals surface area (Å²) in [5.41, 5.74) is 0.100. The second kappa shape index (κ2) is 6.56. The summed E-state index contributed by atoms with van der Waals surface area (Å²) in [5.74, 6) is -0.921. The SMILES string of the molecule is CN[C@@H](CCCc1ccc(C(F)(F)F)cc1)C(=O)O. The fourth-order valence-corrected chi connectivity index (χ4v) is 1.76. The van der Waals surface area contributed by atoms with Gasteiger partial charge in [-0.05, 0) is 44.0 Å². The summed E-state index contributed by atoms with van der Waals surface area (Å²) in [4.78, 5) is 10.7. The van der Waals surface area contributed by atoms with Crippen molar-refractivity contribution >= 4 is 5.97 Å². The Bertz CT molecular complexity index is 415. The minimum absolute atomic E-state index is 0.437. The van der Waals surface area contributed by atoms with Crippen molar-refractivity contribution < 1.29 is 23.1 Å². The highest BCUT2D eigenvalue weighted by molar-refractivity contribution is 5.73. The van der Waals surface area contributed by atoms with E-state index in [-0.39, 0.29) is 0 Å². The van der Waals surface area contributed by atoms with Crippen molar-refractivity contribution in [3.63, 3.8) is 0 Å². The van der Waals surface area contributed by atoms with Crippen LogP contribution in [-0.2, 0) is 17.4 Å². The van der Waals surface area contributed by atoms with Crippen molar-refractivity contribution in [1.82, 2.24) is 5.32 Å². The van der Waals surface area contributed by atoms with Crippen molar-refractivity contribution in [1.29, 1.82) is 0 Å². The molecule has 0 saturated heterocycles. The van der Waals surface area contributed by atoms with Crippen LogP contribution in [0.1, 0.15) is 24.0 Å². The summed E-state index contributed by atoms with van der Waals surface area (Å²) in [7, 11) is 1.57. The molecule has 0 fully saturated rings. The Kier molecular flexibility index (Phi) is 5.35. The molecular formula is C13H16F3NO2. The van der Waals surface area contributed by atoms with Crippen LogP contribution in [0.5, 0.6) is 0 Å². The first kappa shape index (κ1) is 15.5. The molecule has 2 N–H and O–H groups in total. The lowest BCUT2D eigenvalue weighted by Crippen LogP contribution is -2.33. The van der Waals surface area contributed by atoms with Crippen LogP contribution in [0.2, 0.25) is 0 Å². The van der Waals surface area contributed by atoms with E-state index in [0.717, 1.165) is 17.7 Å². The fourth-order valence-electron chi connectivity index (χ4n) is 1.76. The van der Waals surface area contributed by atoms with E-state index in [1.165, 1.54) is 12.1 Å². The van der Waals surface area contributed by atoms with Gasteiger partial charge in [-0.15, -0.1) is 0 Å². The highest BCUT2D eigenvalue weighted by Gasteiger charge is 2.29. The van der Waals surface area contributed by atoms with Gasteiger partial charge in [0, 0.05) is 0 Å². The predicted molar refractivity (Wildman–Crippen MR) is 64.9 cm³/mol. The number of halogens is 3.